The van der Waals surface area contributed by atoms with Crippen molar-refractivity contribution in [1.29, 1.82) is 0 Å². The molecule has 1 aliphatic rings. The SMILES string of the molecule is CCS(=O)(=O)Nc1ccc(CC(=O)N2CCN(c3ccc(C)nn3)CC2)cc1. The molecule has 0 saturated carbocycles. The van der Waals surface area contributed by atoms with Gasteiger partial charge < -0.3 is 9.80 Å². The maximum Gasteiger partial charge on any atom is 0.232 e. The van der Waals surface area contributed by atoms with E-state index in [9.17, 15) is 13.2 Å². The Morgan fingerprint density at radius 1 is 1.04 bits per heavy atom. The quantitative estimate of drug-likeness (QED) is 0.784. The highest BCUT2D eigenvalue weighted by Gasteiger charge is 2.22. The maximum atomic E-state index is 12.6. The van der Waals surface area contributed by atoms with Gasteiger partial charge in [-0.2, -0.15) is 5.10 Å². The number of anilines is 2. The Kier molecular flexibility index (Phi) is 6.13. The number of hydrogen-bond donors (Lipinski definition) is 1. The molecule has 3 rings (SSSR count). The summed E-state index contributed by atoms with van der Waals surface area (Å²) >= 11 is 0. The van der Waals surface area contributed by atoms with Crippen LogP contribution in [0.3, 0.4) is 0 Å². The summed E-state index contributed by atoms with van der Waals surface area (Å²) in [4.78, 5) is 16.6. The van der Waals surface area contributed by atoms with Gasteiger partial charge in [0.15, 0.2) is 5.82 Å². The van der Waals surface area contributed by atoms with E-state index in [4.69, 9.17) is 0 Å². The molecule has 1 aromatic carbocycles. The number of amides is 1. The molecule has 9 heteroatoms. The van der Waals surface area contributed by atoms with Crippen molar-refractivity contribution in [1.82, 2.24) is 15.1 Å². The Morgan fingerprint density at radius 2 is 1.71 bits per heavy atom. The van der Waals surface area contributed by atoms with E-state index in [1.165, 1.54) is 0 Å². The number of piperazine rings is 1. The second-order valence-electron chi connectivity index (χ2n) is 6.78. The molecule has 0 aliphatic carbocycles. The minimum Gasteiger partial charge on any atom is -0.352 e. The Hall–Kier alpha value is -2.68. The van der Waals surface area contributed by atoms with Gasteiger partial charge in [0.2, 0.25) is 15.9 Å². The summed E-state index contributed by atoms with van der Waals surface area (Å²) < 4.78 is 25.7. The largest absolute Gasteiger partial charge is 0.352 e. The van der Waals surface area contributed by atoms with E-state index in [1.807, 2.05) is 24.0 Å². The first kappa shape index (κ1) is 20.1. The summed E-state index contributed by atoms with van der Waals surface area (Å²) in [7, 11) is -3.30. The molecule has 0 bridgehead atoms. The third-order valence-electron chi connectivity index (χ3n) is 4.70. The normalized spacial score (nSPS) is 14.8. The fourth-order valence-corrected chi connectivity index (χ4v) is 3.61. The zero-order valence-corrected chi connectivity index (χ0v) is 16.9. The monoisotopic (exact) mass is 403 g/mol. The van der Waals surface area contributed by atoms with Gasteiger partial charge in [-0.15, -0.1) is 5.10 Å². The van der Waals surface area contributed by atoms with Crippen LogP contribution in [0, 0.1) is 6.92 Å². The summed E-state index contributed by atoms with van der Waals surface area (Å²) in [6.07, 6.45) is 0.297. The van der Waals surface area contributed by atoms with Crippen LogP contribution in [0.15, 0.2) is 36.4 Å². The first-order chi connectivity index (χ1) is 13.4. The summed E-state index contributed by atoms with van der Waals surface area (Å²) in [5.74, 6) is 0.923. The van der Waals surface area contributed by atoms with E-state index in [0.29, 0.717) is 25.2 Å². The molecule has 0 unspecified atom stereocenters. The van der Waals surface area contributed by atoms with Crippen LogP contribution >= 0.6 is 0 Å². The third-order valence-corrected chi connectivity index (χ3v) is 6.01. The number of carbonyl (C=O) groups is 1. The Morgan fingerprint density at radius 3 is 2.29 bits per heavy atom. The molecular formula is C19H25N5O3S. The Balaban J connectivity index is 1.52. The van der Waals surface area contributed by atoms with Crippen LogP contribution in [0.2, 0.25) is 0 Å². The highest BCUT2D eigenvalue weighted by atomic mass is 32.2. The number of benzene rings is 1. The van der Waals surface area contributed by atoms with Crippen molar-refractivity contribution >= 4 is 27.4 Å². The highest BCUT2D eigenvalue weighted by Crippen LogP contribution is 2.15. The van der Waals surface area contributed by atoms with E-state index in [0.717, 1.165) is 30.2 Å². The van der Waals surface area contributed by atoms with Crippen LogP contribution in [0.5, 0.6) is 0 Å². The minimum atomic E-state index is -3.30. The number of hydrogen-bond acceptors (Lipinski definition) is 6. The van der Waals surface area contributed by atoms with Crippen molar-refractivity contribution in [3.05, 3.63) is 47.7 Å². The van der Waals surface area contributed by atoms with Gasteiger partial charge in [0, 0.05) is 31.9 Å². The molecule has 2 aromatic rings. The topological polar surface area (TPSA) is 95.5 Å². The van der Waals surface area contributed by atoms with E-state index in [-0.39, 0.29) is 11.7 Å². The van der Waals surface area contributed by atoms with Gasteiger partial charge in [-0.3, -0.25) is 9.52 Å². The molecule has 2 heterocycles. The standard InChI is InChI=1S/C19H25N5O3S/c1-3-28(26,27)22-17-7-5-16(6-8-17)14-19(25)24-12-10-23(11-13-24)18-9-4-15(2)20-21-18/h4-9,22H,3,10-14H2,1-2H3. The number of rotatable bonds is 6. The molecule has 1 aliphatic heterocycles. The predicted octanol–water partition coefficient (Wildman–Crippen LogP) is 1.44. The lowest BCUT2D eigenvalue weighted by Gasteiger charge is -2.35. The zero-order valence-electron chi connectivity index (χ0n) is 16.1. The van der Waals surface area contributed by atoms with E-state index in [2.05, 4.69) is 19.8 Å². The van der Waals surface area contributed by atoms with Gasteiger partial charge in [-0.05, 0) is 43.7 Å². The Bertz CT molecular complexity index is 906. The van der Waals surface area contributed by atoms with Crippen molar-refractivity contribution < 1.29 is 13.2 Å². The third kappa shape index (κ3) is 5.19. The molecule has 28 heavy (non-hydrogen) atoms. The average Bonchev–Trinajstić information content (AvgIpc) is 2.70. The fraction of sp³-hybridized carbons (Fsp3) is 0.421. The minimum absolute atomic E-state index is 0.0212. The van der Waals surface area contributed by atoms with E-state index in [1.54, 1.807) is 31.2 Å². The highest BCUT2D eigenvalue weighted by molar-refractivity contribution is 7.92. The number of aromatic nitrogens is 2. The van der Waals surface area contributed by atoms with Gasteiger partial charge >= 0.3 is 0 Å². The van der Waals surface area contributed by atoms with Crippen molar-refractivity contribution in [2.75, 3.05) is 41.6 Å². The summed E-state index contributed by atoms with van der Waals surface area (Å²) in [5, 5.41) is 8.29. The molecule has 8 nitrogen and oxygen atoms in total. The van der Waals surface area contributed by atoms with Crippen LogP contribution in [0.25, 0.3) is 0 Å². The number of sulfonamides is 1. The molecule has 1 aromatic heterocycles. The van der Waals surface area contributed by atoms with Gasteiger partial charge in [0.25, 0.3) is 0 Å². The van der Waals surface area contributed by atoms with Crippen molar-refractivity contribution in [3.63, 3.8) is 0 Å². The van der Waals surface area contributed by atoms with Crippen LogP contribution in [0.4, 0.5) is 11.5 Å². The van der Waals surface area contributed by atoms with Crippen LogP contribution in [-0.2, 0) is 21.2 Å². The van der Waals surface area contributed by atoms with Crippen LogP contribution < -0.4 is 9.62 Å². The second-order valence-corrected chi connectivity index (χ2v) is 8.79. The van der Waals surface area contributed by atoms with Crippen molar-refractivity contribution in [3.8, 4) is 0 Å². The molecule has 0 spiro atoms. The molecule has 150 valence electrons. The maximum absolute atomic E-state index is 12.6. The van der Waals surface area contributed by atoms with Crippen molar-refractivity contribution in [2.24, 2.45) is 0 Å². The number of aryl methyl sites for hydroxylation is 1. The lowest BCUT2D eigenvalue weighted by Crippen LogP contribution is -2.49. The number of nitrogens with one attached hydrogen (secondary N) is 1. The van der Waals surface area contributed by atoms with Gasteiger partial charge in [-0.1, -0.05) is 12.1 Å². The number of carbonyl (C=O) groups excluding carboxylic acids is 1. The lowest BCUT2D eigenvalue weighted by molar-refractivity contribution is -0.130. The molecule has 0 radical (unpaired) electrons. The van der Waals surface area contributed by atoms with E-state index < -0.39 is 10.0 Å². The van der Waals surface area contributed by atoms with Crippen LogP contribution in [-0.4, -0.2) is 61.4 Å². The first-order valence-corrected chi connectivity index (χ1v) is 10.9. The fourth-order valence-electron chi connectivity index (χ4n) is 2.97. The number of nitrogens with zero attached hydrogens (tertiary/aromatic N) is 4. The molecule has 1 fully saturated rings. The zero-order chi connectivity index (χ0) is 20.1. The summed E-state index contributed by atoms with van der Waals surface area (Å²) in [6.45, 7) is 6.22. The molecular weight excluding hydrogens is 378 g/mol. The predicted molar refractivity (Wildman–Crippen MR) is 109 cm³/mol. The smallest absolute Gasteiger partial charge is 0.232 e. The van der Waals surface area contributed by atoms with Gasteiger partial charge in [0.05, 0.1) is 17.9 Å². The lowest BCUT2D eigenvalue weighted by atomic mass is 10.1. The van der Waals surface area contributed by atoms with Crippen molar-refractivity contribution in [2.45, 2.75) is 20.3 Å². The average molecular weight is 404 g/mol. The van der Waals surface area contributed by atoms with Gasteiger partial charge in [0.1, 0.15) is 0 Å². The first-order valence-electron chi connectivity index (χ1n) is 9.29. The summed E-state index contributed by atoms with van der Waals surface area (Å²) in [5.41, 5.74) is 2.24. The molecule has 1 N–H and O–H groups in total. The molecule has 1 saturated heterocycles. The molecule has 1 amide bonds. The summed E-state index contributed by atoms with van der Waals surface area (Å²) in [6, 6.07) is 10.8. The second kappa shape index (κ2) is 8.55. The van der Waals surface area contributed by atoms with Gasteiger partial charge in [-0.25, -0.2) is 8.42 Å². The van der Waals surface area contributed by atoms with Crippen LogP contribution in [0.1, 0.15) is 18.2 Å². The Labute approximate surface area is 165 Å². The molecule has 0 atom stereocenters. The van der Waals surface area contributed by atoms with E-state index >= 15 is 0 Å².